The highest BCUT2D eigenvalue weighted by molar-refractivity contribution is 6.28. The third-order valence-electron chi connectivity index (χ3n) is 4.24. The highest BCUT2D eigenvalue weighted by atomic mass is 19.4. The molecule has 25 heavy (non-hydrogen) atoms. The zero-order chi connectivity index (χ0) is 17.8. The third-order valence-corrected chi connectivity index (χ3v) is 4.24. The second kappa shape index (κ2) is 5.17. The summed E-state index contributed by atoms with van der Waals surface area (Å²) in [6.07, 6.45) is -3.77. The van der Waals surface area contributed by atoms with Crippen molar-refractivity contribution in [3.63, 3.8) is 0 Å². The molecule has 1 amide bonds. The van der Waals surface area contributed by atoms with Crippen molar-refractivity contribution in [1.29, 1.82) is 0 Å². The first-order valence-electron chi connectivity index (χ1n) is 7.44. The molecule has 0 radical (unpaired) electrons. The number of benzene rings is 3. The Morgan fingerprint density at radius 1 is 0.960 bits per heavy atom. The van der Waals surface area contributed by atoms with Gasteiger partial charge >= 0.3 is 6.18 Å². The Labute approximate surface area is 140 Å². The van der Waals surface area contributed by atoms with E-state index in [-0.39, 0.29) is 5.91 Å². The van der Waals surface area contributed by atoms with E-state index in [1.165, 1.54) is 17.0 Å². The van der Waals surface area contributed by atoms with Crippen molar-refractivity contribution in [1.82, 2.24) is 0 Å². The largest absolute Gasteiger partial charge is 0.416 e. The summed E-state index contributed by atoms with van der Waals surface area (Å²) >= 11 is 0. The molecular weight excluding hydrogens is 331 g/mol. The van der Waals surface area contributed by atoms with Crippen molar-refractivity contribution < 1.29 is 22.8 Å². The number of nitrogens with zero attached hydrogens (tertiary/aromatic N) is 1. The smallest absolute Gasteiger partial charge is 0.298 e. The van der Waals surface area contributed by atoms with Crippen molar-refractivity contribution in [2.24, 2.45) is 0 Å². The van der Waals surface area contributed by atoms with E-state index in [4.69, 9.17) is 0 Å². The Bertz CT molecular complexity index is 1020. The molecule has 0 spiro atoms. The van der Waals surface area contributed by atoms with Crippen LogP contribution in [-0.2, 0) is 6.18 Å². The summed E-state index contributed by atoms with van der Waals surface area (Å²) in [4.78, 5) is 25.3. The fraction of sp³-hybridized carbons (Fsp3) is 0.0526. The van der Waals surface area contributed by atoms with Gasteiger partial charge in [-0.2, -0.15) is 13.2 Å². The molecule has 0 saturated heterocycles. The molecule has 3 aromatic carbocycles. The van der Waals surface area contributed by atoms with E-state index >= 15 is 0 Å². The summed E-state index contributed by atoms with van der Waals surface area (Å²) in [5.41, 5.74) is 0.891. The Morgan fingerprint density at radius 2 is 1.68 bits per heavy atom. The molecule has 6 heteroatoms. The maximum absolute atomic E-state index is 12.8. The number of rotatable bonds is 2. The molecular formula is C19H10F3NO2. The second-order valence-corrected chi connectivity index (χ2v) is 5.75. The summed E-state index contributed by atoms with van der Waals surface area (Å²) in [6, 6.07) is 12.8. The van der Waals surface area contributed by atoms with Gasteiger partial charge in [-0.1, -0.05) is 12.1 Å². The first-order chi connectivity index (χ1) is 11.9. The van der Waals surface area contributed by atoms with E-state index in [2.05, 4.69) is 0 Å². The molecule has 0 bridgehead atoms. The fourth-order valence-corrected chi connectivity index (χ4v) is 3.14. The molecule has 1 heterocycles. The summed E-state index contributed by atoms with van der Waals surface area (Å²) < 4.78 is 38.3. The molecule has 1 aliphatic rings. The van der Waals surface area contributed by atoms with E-state index in [0.717, 1.165) is 17.5 Å². The highest BCUT2D eigenvalue weighted by Gasteiger charge is 2.33. The van der Waals surface area contributed by atoms with Crippen molar-refractivity contribution in [3.8, 4) is 0 Å². The lowest BCUT2D eigenvalue weighted by Crippen LogP contribution is -2.21. The first kappa shape index (κ1) is 15.4. The predicted octanol–water partition coefficient (Wildman–Crippen LogP) is 4.96. The molecule has 0 N–H and O–H groups in total. The molecule has 4 rings (SSSR count). The van der Waals surface area contributed by atoms with Gasteiger partial charge in [-0.15, -0.1) is 0 Å². The van der Waals surface area contributed by atoms with Gasteiger partial charge in [0.05, 0.1) is 16.8 Å². The van der Waals surface area contributed by atoms with Crippen LogP contribution in [0.3, 0.4) is 0 Å². The van der Waals surface area contributed by atoms with Gasteiger partial charge in [-0.3, -0.25) is 14.5 Å². The molecule has 3 nitrogen and oxygen atoms in total. The number of amides is 1. The standard InChI is InChI=1S/C19H10F3NO2/c20-19(21,22)13-4-6-14(7-5-13)23-16-9-11(10-24)8-12-2-1-3-15(17(12)16)18(23)25/h1-10H. The Hall–Kier alpha value is -3.15. The number of anilines is 2. The monoisotopic (exact) mass is 341 g/mol. The van der Waals surface area contributed by atoms with Crippen LogP contribution < -0.4 is 4.90 Å². The van der Waals surface area contributed by atoms with Gasteiger partial charge in [0.1, 0.15) is 6.29 Å². The van der Waals surface area contributed by atoms with Crippen LogP contribution in [-0.4, -0.2) is 12.2 Å². The molecule has 3 aromatic rings. The summed E-state index contributed by atoms with van der Waals surface area (Å²) in [5.74, 6) is -0.330. The van der Waals surface area contributed by atoms with E-state index < -0.39 is 11.7 Å². The van der Waals surface area contributed by atoms with E-state index in [0.29, 0.717) is 34.2 Å². The van der Waals surface area contributed by atoms with Crippen LogP contribution in [0.2, 0.25) is 0 Å². The van der Waals surface area contributed by atoms with Gasteiger partial charge in [-0.05, 0) is 47.9 Å². The number of hydrogen-bond acceptors (Lipinski definition) is 2. The summed E-state index contributed by atoms with van der Waals surface area (Å²) in [6.45, 7) is 0. The van der Waals surface area contributed by atoms with Crippen LogP contribution in [0.25, 0.3) is 10.8 Å². The molecule has 0 unspecified atom stereocenters. The Morgan fingerprint density at radius 3 is 2.32 bits per heavy atom. The maximum atomic E-state index is 12.8. The number of halogens is 3. The quantitative estimate of drug-likeness (QED) is 0.618. The fourth-order valence-electron chi connectivity index (χ4n) is 3.14. The SMILES string of the molecule is O=Cc1cc2c3c(cccc3c1)C(=O)N2c1ccc(C(F)(F)F)cc1. The molecule has 0 aromatic heterocycles. The van der Waals surface area contributed by atoms with Crippen molar-refractivity contribution in [2.75, 3.05) is 4.90 Å². The molecule has 0 saturated carbocycles. The minimum atomic E-state index is -4.44. The summed E-state index contributed by atoms with van der Waals surface area (Å²) in [5, 5.41) is 1.43. The zero-order valence-electron chi connectivity index (χ0n) is 12.7. The molecule has 0 aliphatic carbocycles. The predicted molar refractivity (Wildman–Crippen MR) is 87.2 cm³/mol. The highest BCUT2D eigenvalue weighted by Crippen LogP contribution is 2.42. The average Bonchev–Trinajstić information content (AvgIpc) is 2.88. The lowest BCUT2D eigenvalue weighted by Gasteiger charge is -2.19. The van der Waals surface area contributed by atoms with Gasteiger partial charge < -0.3 is 0 Å². The van der Waals surface area contributed by atoms with Gasteiger partial charge in [0.2, 0.25) is 0 Å². The van der Waals surface area contributed by atoms with Crippen molar-refractivity contribution in [3.05, 3.63) is 71.3 Å². The molecule has 0 fully saturated rings. The maximum Gasteiger partial charge on any atom is 0.416 e. The molecule has 124 valence electrons. The van der Waals surface area contributed by atoms with Gasteiger partial charge in [0.15, 0.2) is 0 Å². The van der Waals surface area contributed by atoms with Gasteiger partial charge in [-0.25, -0.2) is 0 Å². The average molecular weight is 341 g/mol. The topological polar surface area (TPSA) is 37.4 Å². The second-order valence-electron chi connectivity index (χ2n) is 5.75. The molecule has 1 aliphatic heterocycles. The van der Waals surface area contributed by atoms with Crippen LogP contribution >= 0.6 is 0 Å². The van der Waals surface area contributed by atoms with Gasteiger partial charge in [0.25, 0.3) is 5.91 Å². The van der Waals surface area contributed by atoms with E-state index in [1.54, 1.807) is 30.3 Å². The number of carbonyl (C=O) groups excluding carboxylic acids is 2. The summed E-state index contributed by atoms with van der Waals surface area (Å²) in [7, 11) is 0. The van der Waals surface area contributed by atoms with Crippen LogP contribution in [0.5, 0.6) is 0 Å². The van der Waals surface area contributed by atoms with E-state index in [1.807, 2.05) is 0 Å². The van der Waals surface area contributed by atoms with Crippen LogP contribution in [0.1, 0.15) is 26.3 Å². The minimum absolute atomic E-state index is 0.318. The van der Waals surface area contributed by atoms with Crippen LogP contribution in [0.4, 0.5) is 24.5 Å². The lowest BCUT2D eigenvalue weighted by molar-refractivity contribution is -0.137. The third kappa shape index (κ3) is 2.29. The van der Waals surface area contributed by atoms with Crippen LogP contribution in [0, 0.1) is 0 Å². The molecule has 0 atom stereocenters. The van der Waals surface area contributed by atoms with Gasteiger partial charge in [0, 0.05) is 16.6 Å². The normalized spacial score (nSPS) is 13.6. The Balaban J connectivity index is 1.90. The van der Waals surface area contributed by atoms with Crippen molar-refractivity contribution in [2.45, 2.75) is 6.18 Å². The van der Waals surface area contributed by atoms with Crippen LogP contribution in [0.15, 0.2) is 54.6 Å². The minimum Gasteiger partial charge on any atom is -0.298 e. The first-order valence-corrected chi connectivity index (χ1v) is 7.44. The van der Waals surface area contributed by atoms with E-state index in [9.17, 15) is 22.8 Å². The number of hydrogen-bond donors (Lipinski definition) is 0. The number of alkyl halides is 3. The lowest BCUT2D eigenvalue weighted by atomic mass is 10.0. The van der Waals surface area contributed by atoms with Crippen molar-refractivity contribution >= 4 is 34.3 Å². The zero-order valence-corrected chi connectivity index (χ0v) is 12.7. The number of carbonyl (C=O) groups is 2. The number of aldehydes is 1. The Kier molecular flexibility index (Phi) is 3.18.